The van der Waals surface area contributed by atoms with E-state index in [0.717, 1.165) is 10.1 Å². The van der Waals surface area contributed by atoms with Crippen molar-refractivity contribution in [3.63, 3.8) is 0 Å². The van der Waals surface area contributed by atoms with Crippen LogP contribution in [0.1, 0.15) is 22.9 Å². The molecule has 4 aromatic rings. The Hall–Kier alpha value is -3.33. The van der Waals surface area contributed by atoms with Crippen molar-refractivity contribution < 1.29 is 23.0 Å². The number of thiazole rings is 1. The van der Waals surface area contributed by atoms with Crippen molar-refractivity contribution in [2.45, 2.75) is 13.2 Å². The number of halogens is 2. The summed E-state index contributed by atoms with van der Waals surface area (Å²) in [6, 6.07) is 13.8. The highest BCUT2D eigenvalue weighted by atomic mass is 32.1. The van der Waals surface area contributed by atoms with Crippen LogP contribution in [0.3, 0.4) is 0 Å². The summed E-state index contributed by atoms with van der Waals surface area (Å²) in [5.41, 5.74) is 1.63. The van der Waals surface area contributed by atoms with E-state index >= 15 is 0 Å². The molecule has 6 nitrogen and oxygen atoms in total. The number of methoxy groups -OCH3 is 1. The zero-order chi connectivity index (χ0) is 20.4. The maximum absolute atomic E-state index is 13.4. The van der Waals surface area contributed by atoms with Crippen molar-refractivity contribution >= 4 is 28.3 Å². The maximum atomic E-state index is 13.4. The fraction of sp³-hybridized carbons (Fsp3) is 0.150. The fourth-order valence-electron chi connectivity index (χ4n) is 2.85. The number of fused-ring (bicyclic) bond motifs is 1. The number of hydrogen-bond donors (Lipinski definition) is 0. The number of para-hydroxylation sites is 2. The summed E-state index contributed by atoms with van der Waals surface area (Å²) in [7, 11) is 1.58. The molecule has 2 heterocycles. The van der Waals surface area contributed by atoms with E-state index in [2.05, 4.69) is 9.97 Å². The minimum atomic E-state index is -2.79. The Balaban J connectivity index is 1.50. The largest absolute Gasteiger partial charge is 0.497 e. The van der Waals surface area contributed by atoms with E-state index in [0.29, 0.717) is 16.3 Å². The van der Waals surface area contributed by atoms with E-state index in [1.54, 1.807) is 48.9 Å². The van der Waals surface area contributed by atoms with Gasteiger partial charge in [0.15, 0.2) is 11.5 Å². The van der Waals surface area contributed by atoms with E-state index in [1.807, 2.05) is 12.1 Å². The van der Waals surface area contributed by atoms with Crippen LogP contribution in [-0.4, -0.2) is 27.6 Å². The van der Waals surface area contributed by atoms with Gasteiger partial charge in [-0.2, -0.15) is 8.78 Å². The van der Waals surface area contributed by atoms with Crippen molar-refractivity contribution in [3.8, 4) is 16.3 Å². The number of nitrogens with zero attached hydrogens (tertiary/aromatic N) is 3. The molecule has 0 N–H and O–H groups in total. The van der Waals surface area contributed by atoms with Gasteiger partial charge in [0.25, 0.3) is 0 Å². The van der Waals surface area contributed by atoms with Crippen LogP contribution in [0.5, 0.6) is 5.75 Å². The number of hydrogen-bond acceptors (Lipinski definition) is 6. The van der Waals surface area contributed by atoms with Gasteiger partial charge in [-0.15, -0.1) is 11.3 Å². The van der Waals surface area contributed by atoms with Crippen molar-refractivity contribution in [3.05, 3.63) is 65.4 Å². The van der Waals surface area contributed by atoms with Crippen LogP contribution in [0.2, 0.25) is 0 Å². The predicted octanol–water partition coefficient (Wildman–Crippen LogP) is 4.92. The average molecular weight is 415 g/mol. The first-order valence-electron chi connectivity index (χ1n) is 8.58. The summed E-state index contributed by atoms with van der Waals surface area (Å²) < 4.78 is 38.0. The minimum Gasteiger partial charge on any atom is -0.497 e. The summed E-state index contributed by atoms with van der Waals surface area (Å²) in [6.07, 6.45) is 0. The van der Waals surface area contributed by atoms with Gasteiger partial charge in [0.1, 0.15) is 17.4 Å². The van der Waals surface area contributed by atoms with E-state index < -0.39 is 12.5 Å². The topological polar surface area (TPSA) is 66.2 Å². The SMILES string of the molecule is COc1ccc(-c2nc(C(=O)OCc3nc4ccccc4n3C(F)F)cs2)cc1. The van der Waals surface area contributed by atoms with Crippen LogP contribution >= 0.6 is 11.3 Å². The summed E-state index contributed by atoms with van der Waals surface area (Å²) in [6.45, 7) is -3.18. The number of rotatable bonds is 6. The van der Waals surface area contributed by atoms with Gasteiger partial charge in [0, 0.05) is 10.9 Å². The second-order valence-corrected chi connectivity index (χ2v) is 6.87. The minimum absolute atomic E-state index is 0.0276. The third-order valence-electron chi connectivity index (χ3n) is 4.25. The molecule has 0 saturated carbocycles. The molecule has 0 amide bonds. The molecule has 0 bridgehead atoms. The lowest BCUT2D eigenvalue weighted by Gasteiger charge is -2.07. The summed E-state index contributed by atoms with van der Waals surface area (Å²) >= 11 is 1.28. The van der Waals surface area contributed by atoms with Crippen molar-refractivity contribution in [2.75, 3.05) is 7.11 Å². The molecule has 0 radical (unpaired) electrons. The van der Waals surface area contributed by atoms with E-state index in [-0.39, 0.29) is 23.6 Å². The molecule has 0 aliphatic carbocycles. The van der Waals surface area contributed by atoms with Crippen molar-refractivity contribution in [1.29, 1.82) is 0 Å². The van der Waals surface area contributed by atoms with Gasteiger partial charge < -0.3 is 9.47 Å². The number of imidazole rings is 1. The van der Waals surface area contributed by atoms with Crippen LogP contribution in [0.4, 0.5) is 8.78 Å². The van der Waals surface area contributed by atoms with Gasteiger partial charge >= 0.3 is 12.5 Å². The number of carbonyl (C=O) groups is 1. The fourth-order valence-corrected chi connectivity index (χ4v) is 3.65. The second kappa shape index (κ2) is 7.96. The van der Waals surface area contributed by atoms with Crippen LogP contribution < -0.4 is 4.74 Å². The molecule has 9 heteroatoms. The lowest BCUT2D eigenvalue weighted by atomic mass is 10.2. The highest BCUT2D eigenvalue weighted by Gasteiger charge is 2.20. The number of esters is 1. The molecule has 0 spiro atoms. The van der Waals surface area contributed by atoms with E-state index in [9.17, 15) is 13.6 Å². The van der Waals surface area contributed by atoms with Crippen molar-refractivity contribution in [1.82, 2.24) is 14.5 Å². The number of benzene rings is 2. The number of ether oxygens (including phenoxy) is 2. The molecule has 2 aromatic carbocycles. The van der Waals surface area contributed by atoms with Gasteiger partial charge in [-0.1, -0.05) is 12.1 Å². The summed E-state index contributed by atoms with van der Waals surface area (Å²) in [4.78, 5) is 20.8. The van der Waals surface area contributed by atoms with Gasteiger partial charge in [-0.25, -0.2) is 14.8 Å². The first-order chi connectivity index (χ1) is 14.1. The summed E-state index contributed by atoms with van der Waals surface area (Å²) in [5, 5.41) is 2.21. The van der Waals surface area contributed by atoms with Crippen LogP contribution in [0, 0.1) is 0 Å². The Kier molecular flexibility index (Phi) is 5.22. The van der Waals surface area contributed by atoms with Crippen LogP contribution in [0.15, 0.2) is 53.9 Å². The average Bonchev–Trinajstić information content (AvgIpc) is 3.37. The first kappa shape index (κ1) is 19.0. The lowest BCUT2D eigenvalue weighted by molar-refractivity contribution is 0.0383. The van der Waals surface area contributed by atoms with Gasteiger partial charge in [-0.3, -0.25) is 4.57 Å². The molecular weight excluding hydrogens is 400 g/mol. The summed E-state index contributed by atoms with van der Waals surface area (Å²) in [5.74, 6) is -0.0131. The molecule has 29 heavy (non-hydrogen) atoms. The Bertz CT molecular complexity index is 1160. The van der Waals surface area contributed by atoms with Crippen LogP contribution in [-0.2, 0) is 11.3 Å². The van der Waals surface area contributed by atoms with E-state index in [4.69, 9.17) is 9.47 Å². The Morgan fingerprint density at radius 3 is 2.62 bits per heavy atom. The standard InChI is InChI=1S/C20H15F2N3O3S/c1-27-13-8-6-12(7-9-13)18-24-15(11-29-18)19(26)28-10-17-23-14-4-2-3-5-16(14)25(17)20(21)22/h2-9,11,20H,10H2,1H3. The molecule has 0 unspecified atom stereocenters. The Morgan fingerprint density at radius 2 is 1.90 bits per heavy atom. The highest BCUT2D eigenvalue weighted by Crippen LogP contribution is 2.27. The van der Waals surface area contributed by atoms with Gasteiger partial charge in [-0.05, 0) is 36.4 Å². The van der Waals surface area contributed by atoms with Gasteiger partial charge in [0.2, 0.25) is 0 Å². The Labute approximate surface area is 168 Å². The molecule has 2 aromatic heterocycles. The second-order valence-electron chi connectivity index (χ2n) is 6.01. The molecule has 0 fully saturated rings. The third-order valence-corrected chi connectivity index (χ3v) is 5.14. The lowest BCUT2D eigenvalue weighted by Crippen LogP contribution is -2.11. The zero-order valence-corrected chi connectivity index (χ0v) is 16.0. The number of aromatic nitrogens is 3. The van der Waals surface area contributed by atoms with E-state index in [1.165, 1.54) is 11.3 Å². The quantitative estimate of drug-likeness (QED) is 0.418. The third kappa shape index (κ3) is 3.81. The number of alkyl halides is 2. The first-order valence-corrected chi connectivity index (χ1v) is 9.46. The maximum Gasteiger partial charge on any atom is 0.358 e. The molecule has 148 valence electrons. The molecule has 0 aliphatic heterocycles. The van der Waals surface area contributed by atoms with Crippen LogP contribution in [0.25, 0.3) is 21.6 Å². The molecule has 0 saturated heterocycles. The molecule has 4 rings (SSSR count). The Morgan fingerprint density at radius 1 is 1.14 bits per heavy atom. The van der Waals surface area contributed by atoms with Gasteiger partial charge in [0.05, 0.1) is 18.1 Å². The molecule has 0 atom stereocenters. The molecular formula is C20H15F2N3O3S. The van der Waals surface area contributed by atoms with Crippen molar-refractivity contribution in [2.24, 2.45) is 0 Å². The predicted molar refractivity (Wildman–Crippen MR) is 104 cm³/mol. The number of carbonyl (C=O) groups excluding carboxylic acids is 1. The highest BCUT2D eigenvalue weighted by molar-refractivity contribution is 7.13. The smallest absolute Gasteiger partial charge is 0.358 e. The zero-order valence-electron chi connectivity index (χ0n) is 15.2. The monoisotopic (exact) mass is 415 g/mol. The normalized spacial score (nSPS) is 11.2. The molecule has 0 aliphatic rings.